The lowest BCUT2D eigenvalue weighted by molar-refractivity contribution is -0.484. The van der Waals surface area contributed by atoms with Gasteiger partial charge in [-0.1, -0.05) is 11.8 Å². The lowest BCUT2D eigenvalue weighted by atomic mass is 10.1. The zero-order valence-electron chi connectivity index (χ0n) is 10.8. The highest BCUT2D eigenvalue weighted by Gasteiger charge is 2.17. The van der Waals surface area contributed by atoms with Gasteiger partial charge in [0.2, 0.25) is 5.17 Å². The highest BCUT2D eigenvalue weighted by Crippen LogP contribution is 2.12. The summed E-state index contributed by atoms with van der Waals surface area (Å²) in [5, 5.41) is 16.1. The predicted molar refractivity (Wildman–Crippen MR) is 72.4 cm³/mol. The van der Waals surface area contributed by atoms with Gasteiger partial charge < -0.3 is 15.0 Å². The summed E-state index contributed by atoms with van der Waals surface area (Å²) in [6.07, 6.45) is 2.88. The predicted octanol–water partition coefficient (Wildman–Crippen LogP) is 0.455. The summed E-state index contributed by atoms with van der Waals surface area (Å²) in [5.74, 6) is 0.613. The average molecular weight is 276 g/mol. The highest BCUT2D eigenvalue weighted by atomic mass is 32.2. The van der Waals surface area contributed by atoms with Gasteiger partial charge in [-0.3, -0.25) is 0 Å². The van der Waals surface area contributed by atoms with Gasteiger partial charge >= 0.3 is 0 Å². The summed E-state index contributed by atoms with van der Waals surface area (Å²) >= 11 is 1.24. The van der Waals surface area contributed by atoms with E-state index in [1.807, 2.05) is 7.05 Å². The number of nitrogens with one attached hydrogen (secondary N) is 1. The summed E-state index contributed by atoms with van der Waals surface area (Å²) in [5.41, 5.74) is 0. The molecule has 7 nitrogen and oxygen atoms in total. The number of ether oxygens (including phenoxy) is 1. The van der Waals surface area contributed by atoms with Gasteiger partial charge in [-0.15, -0.1) is 0 Å². The first-order chi connectivity index (χ1) is 8.61. The fourth-order valence-electron chi connectivity index (χ4n) is 1.84. The molecule has 1 atom stereocenters. The fourth-order valence-corrected chi connectivity index (χ4v) is 2.23. The van der Waals surface area contributed by atoms with E-state index >= 15 is 0 Å². The van der Waals surface area contributed by atoms with Crippen LogP contribution in [0.3, 0.4) is 0 Å². The van der Waals surface area contributed by atoms with Gasteiger partial charge in [0.15, 0.2) is 5.03 Å². The minimum absolute atomic E-state index is 0.345. The Morgan fingerprint density at radius 1 is 1.72 bits per heavy atom. The van der Waals surface area contributed by atoms with Gasteiger partial charge in [-0.2, -0.15) is 0 Å². The Labute approximate surface area is 111 Å². The smallest absolute Gasteiger partial charge is 0.234 e. The Morgan fingerprint density at radius 3 is 3.06 bits per heavy atom. The van der Waals surface area contributed by atoms with Crippen LogP contribution in [0.15, 0.2) is 5.10 Å². The topological polar surface area (TPSA) is 80.0 Å². The first-order valence-corrected chi connectivity index (χ1v) is 7.11. The minimum Gasteiger partial charge on any atom is -0.381 e. The van der Waals surface area contributed by atoms with Crippen LogP contribution in [0.4, 0.5) is 0 Å². The second kappa shape index (κ2) is 8.28. The maximum Gasteiger partial charge on any atom is 0.234 e. The normalized spacial score (nSPS) is 20.4. The molecule has 0 aliphatic carbocycles. The van der Waals surface area contributed by atoms with E-state index < -0.39 is 5.03 Å². The van der Waals surface area contributed by atoms with Crippen LogP contribution >= 0.6 is 11.8 Å². The van der Waals surface area contributed by atoms with Crippen molar-refractivity contribution in [3.63, 3.8) is 0 Å². The second-order valence-corrected chi connectivity index (χ2v) is 5.06. The lowest BCUT2D eigenvalue weighted by Crippen LogP contribution is -2.34. The van der Waals surface area contributed by atoms with E-state index in [-0.39, 0.29) is 0 Å². The van der Waals surface area contributed by atoms with E-state index in [2.05, 4.69) is 15.3 Å². The first-order valence-electron chi connectivity index (χ1n) is 5.89. The standard InChI is InChI=1S/C10H20N4O3S/c1-13(7-9-3-6-17-8-9)5-4-11-10(18-2)12-14(15)16/h9H,3-8H2,1-2H3,(H,11,12). The number of rotatable bonds is 6. The van der Waals surface area contributed by atoms with Crippen molar-refractivity contribution < 1.29 is 9.77 Å². The third-order valence-corrected chi connectivity index (χ3v) is 3.34. The molecule has 1 rings (SSSR count). The van der Waals surface area contributed by atoms with Crippen molar-refractivity contribution in [2.75, 3.05) is 46.2 Å². The third-order valence-electron chi connectivity index (χ3n) is 2.73. The molecule has 1 unspecified atom stereocenters. The number of nitrogens with zero attached hydrogens (tertiary/aromatic N) is 3. The molecule has 1 N–H and O–H groups in total. The summed E-state index contributed by atoms with van der Waals surface area (Å²) in [6.45, 7) is 4.19. The van der Waals surface area contributed by atoms with E-state index in [1.54, 1.807) is 6.26 Å². The molecule has 0 saturated carbocycles. The maximum absolute atomic E-state index is 10.2. The summed E-state index contributed by atoms with van der Waals surface area (Å²) in [7, 11) is 2.05. The van der Waals surface area contributed by atoms with E-state index in [4.69, 9.17) is 4.74 Å². The molecule has 0 aromatic heterocycles. The van der Waals surface area contributed by atoms with Crippen LogP contribution < -0.4 is 5.32 Å². The zero-order chi connectivity index (χ0) is 13.4. The third kappa shape index (κ3) is 6.18. The summed E-state index contributed by atoms with van der Waals surface area (Å²) in [4.78, 5) is 12.4. The van der Waals surface area contributed by atoms with Crippen LogP contribution in [-0.2, 0) is 4.74 Å². The molecule has 0 amide bonds. The molecule has 18 heavy (non-hydrogen) atoms. The molecule has 1 heterocycles. The number of hydrogen-bond acceptors (Lipinski definition) is 5. The van der Waals surface area contributed by atoms with Crippen LogP contribution in [0.5, 0.6) is 0 Å². The zero-order valence-corrected chi connectivity index (χ0v) is 11.6. The monoisotopic (exact) mass is 276 g/mol. The Balaban J connectivity index is 2.17. The lowest BCUT2D eigenvalue weighted by Gasteiger charge is -2.20. The van der Waals surface area contributed by atoms with Gasteiger partial charge in [0.05, 0.1) is 11.7 Å². The molecule has 104 valence electrons. The van der Waals surface area contributed by atoms with Gasteiger partial charge in [-0.05, 0) is 25.6 Å². The Morgan fingerprint density at radius 2 is 2.50 bits per heavy atom. The quantitative estimate of drug-likeness (QED) is 0.328. The average Bonchev–Trinajstić information content (AvgIpc) is 2.79. The molecule has 1 aliphatic heterocycles. The maximum atomic E-state index is 10.2. The molecule has 1 saturated heterocycles. The van der Waals surface area contributed by atoms with Crippen molar-refractivity contribution in [1.29, 1.82) is 0 Å². The number of hydrazone groups is 1. The molecule has 0 bridgehead atoms. The molecule has 0 aromatic carbocycles. The molecule has 0 spiro atoms. The second-order valence-electron chi connectivity index (χ2n) is 4.27. The van der Waals surface area contributed by atoms with Gasteiger partial charge in [-0.25, -0.2) is 10.1 Å². The molecular formula is C10H20N4O3S. The molecule has 8 heteroatoms. The van der Waals surface area contributed by atoms with E-state index in [0.717, 1.165) is 32.7 Å². The van der Waals surface area contributed by atoms with E-state index in [0.29, 0.717) is 17.6 Å². The number of nitro groups is 1. The summed E-state index contributed by atoms with van der Waals surface area (Å²) < 4.78 is 5.32. The molecule has 0 aromatic rings. The number of thioether (sulfide) groups is 1. The van der Waals surface area contributed by atoms with Crippen molar-refractivity contribution >= 4 is 16.9 Å². The van der Waals surface area contributed by atoms with Crippen LogP contribution in [0.2, 0.25) is 0 Å². The van der Waals surface area contributed by atoms with Crippen LogP contribution in [-0.4, -0.2) is 61.3 Å². The van der Waals surface area contributed by atoms with Crippen molar-refractivity contribution in [2.24, 2.45) is 11.0 Å². The van der Waals surface area contributed by atoms with Crippen LogP contribution in [0.25, 0.3) is 0 Å². The molecule has 0 radical (unpaired) electrons. The van der Waals surface area contributed by atoms with Crippen molar-refractivity contribution in [3.8, 4) is 0 Å². The first kappa shape index (κ1) is 15.2. The van der Waals surface area contributed by atoms with Gasteiger partial charge in [0.1, 0.15) is 0 Å². The van der Waals surface area contributed by atoms with Crippen LogP contribution in [0.1, 0.15) is 6.42 Å². The SMILES string of the molecule is CSC(=N[N+](=O)[O-])NCCN(C)CC1CCOC1. The van der Waals surface area contributed by atoms with Crippen LogP contribution in [0, 0.1) is 16.0 Å². The Kier molecular flexibility index (Phi) is 6.99. The molecule has 1 aliphatic rings. The summed E-state index contributed by atoms with van der Waals surface area (Å²) in [6, 6.07) is 0. The Hall–Kier alpha value is -0.860. The number of likely N-dealkylation sites (N-methyl/N-ethyl adjacent to an activating group) is 1. The number of hydrogen-bond donors (Lipinski definition) is 1. The van der Waals surface area contributed by atoms with E-state index in [9.17, 15) is 10.1 Å². The minimum atomic E-state index is -0.682. The van der Waals surface area contributed by atoms with Crippen molar-refractivity contribution in [2.45, 2.75) is 6.42 Å². The van der Waals surface area contributed by atoms with Gasteiger partial charge in [0, 0.05) is 26.2 Å². The highest BCUT2D eigenvalue weighted by molar-refractivity contribution is 8.13. The number of amidine groups is 1. The van der Waals surface area contributed by atoms with Gasteiger partial charge in [0.25, 0.3) is 0 Å². The largest absolute Gasteiger partial charge is 0.381 e. The fraction of sp³-hybridized carbons (Fsp3) is 0.900. The van der Waals surface area contributed by atoms with Crippen molar-refractivity contribution in [1.82, 2.24) is 10.2 Å². The molecule has 1 fully saturated rings. The molecular weight excluding hydrogens is 256 g/mol. The Bertz CT molecular complexity index is 295. The van der Waals surface area contributed by atoms with E-state index in [1.165, 1.54) is 11.8 Å². The van der Waals surface area contributed by atoms with Crippen molar-refractivity contribution in [3.05, 3.63) is 10.1 Å².